The summed E-state index contributed by atoms with van der Waals surface area (Å²) < 4.78 is 5.10. The van der Waals surface area contributed by atoms with E-state index in [-0.39, 0.29) is 5.69 Å². The SMILES string of the molecule is COc1ccc(/C=N/Nc2nc(-c3cccc([N+](=O)[O-])c3)cs2)cc1. The summed E-state index contributed by atoms with van der Waals surface area (Å²) in [4.78, 5) is 14.8. The van der Waals surface area contributed by atoms with E-state index in [1.165, 1.54) is 23.5 Å². The molecule has 0 saturated carbocycles. The highest BCUT2D eigenvalue weighted by Gasteiger charge is 2.09. The van der Waals surface area contributed by atoms with Crippen molar-refractivity contribution in [2.24, 2.45) is 5.10 Å². The van der Waals surface area contributed by atoms with Gasteiger partial charge in [-0.3, -0.25) is 15.5 Å². The summed E-state index contributed by atoms with van der Waals surface area (Å²) in [5, 5.41) is 17.4. The van der Waals surface area contributed by atoms with E-state index in [9.17, 15) is 10.1 Å². The van der Waals surface area contributed by atoms with Crippen molar-refractivity contribution in [3.63, 3.8) is 0 Å². The molecule has 0 radical (unpaired) electrons. The highest BCUT2D eigenvalue weighted by atomic mass is 32.1. The monoisotopic (exact) mass is 354 g/mol. The molecule has 1 aromatic heterocycles. The van der Waals surface area contributed by atoms with Gasteiger partial charge in [0.15, 0.2) is 0 Å². The van der Waals surface area contributed by atoms with E-state index in [1.54, 1.807) is 25.5 Å². The van der Waals surface area contributed by atoms with Gasteiger partial charge in [0.25, 0.3) is 5.69 Å². The van der Waals surface area contributed by atoms with Crippen molar-refractivity contribution in [1.29, 1.82) is 0 Å². The van der Waals surface area contributed by atoms with Gasteiger partial charge in [0.1, 0.15) is 5.75 Å². The zero-order valence-electron chi connectivity index (χ0n) is 13.2. The number of hydrogen-bond donors (Lipinski definition) is 1. The van der Waals surface area contributed by atoms with Crippen molar-refractivity contribution in [2.75, 3.05) is 12.5 Å². The second-order valence-electron chi connectivity index (χ2n) is 4.99. The lowest BCUT2D eigenvalue weighted by Crippen LogP contribution is -1.91. The van der Waals surface area contributed by atoms with Gasteiger partial charge in [0, 0.05) is 23.1 Å². The topological polar surface area (TPSA) is 89.7 Å². The zero-order chi connectivity index (χ0) is 17.6. The first-order valence-electron chi connectivity index (χ1n) is 7.29. The number of anilines is 1. The van der Waals surface area contributed by atoms with Crippen LogP contribution in [-0.2, 0) is 0 Å². The van der Waals surface area contributed by atoms with Crippen LogP contribution >= 0.6 is 11.3 Å². The lowest BCUT2D eigenvalue weighted by Gasteiger charge is -1.99. The van der Waals surface area contributed by atoms with E-state index in [0.29, 0.717) is 16.4 Å². The number of non-ortho nitro benzene ring substituents is 1. The summed E-state index contributed by atoms with van der Waals surface area (Å²) >= 11 is 1.37. The number of rotatable bonds is 6. The Morgan fingerprint density at radius 2 is 2.08 bits per heavy atom. The molecule has 1 N–H and O–H groups in total. The van der Waals surface area contributed by atoms with Gasteiger partial charge in [0.2, 0.25) is 5.13 Å². The van der Waals surface area contributed by atoms with Crippen LogP contribution in [0.15, 0.2) is 59.0 Å². The quantitative estimate of drug-likeness (QED) is 0.407. The van der Waals surface area contributed by atoms with Crippen molar-refractivity contribution < 1.29 is 9.66 Å². The summed E-state index contributed by atoms with van der Waals surface area (Å²) in [5.41, 5.74) is 5.18. The molecule has 2 aromatic carbocycles. The molecular formula is C17H14N4O3S. The predicted molar refractivity (Wildman–Crippen MR) is 98.4 cm³/mol. The average Bonchev–Trinajstić information content (AvgIpc) is 3.11. The van der Waals surface area contributed by atoms with Gasteiger partial charge in [-0.05, 0) is 29.8 Å². The lowest BCUT2D eigenvalue weighted by molar-refractivity contribution is -0.384. The zero-order valence-corrected chi connectivity index (χ0v) is 14.1. The molecule has 0 aliphatic carbocycles. The van der Waals surface area contributed by atoms with Crippen molar-refractivity contribution in [2.45, 2.75) is 0 Å². The number of hydrazone groups is 1. The Morgan fingerprint density at radius 1 is 1.28 bits per heavy atom. The average molecular weight is 354 g/mol. The van der Waals surface area contributed by atoms with Gasteiger partial charge in [0.05, 0.1) is 23.9 Å². The van der Waals surface area contributed by atoms with Gasteiger partial charge >= 0.3 is 0 Å². The molecule has 25 heavy (non-hydrogen) atoms. The molecule has 0 aliphatic heterocycles. The maximum atomic E-state index is 10.9. The molecule has 0 aliphatic rings. The third kappa shape index (κ3) is 4.18. The van der Waals surface area contributed by atoms with Crippen LogP contribution in [0.25, 0.3) is 11.3 Å². The minimum Gasteiger partial charge on any atom is -0.497 e. The molecular weight excluding hydrogens is 340 g/mol. The Bertz CT molecular complexity index is 906. The second kappa shape index (κ2) is 7.54. The van der Waals surface area contributed by atoms with Gasteiger partial charge in [-0.15, -0.1) is 11.3 Å². The number of nitro benzene ring substituents is 1. The number of thiazole rings is 1. The first kappa shape index (κ1) is 16.6. The number of nitrogens with zero attached hydrogens (tertiary/aromatic N) is 3. The molecule has 0 saturated heterocycles. The van der Waals surface area contributed by atoms with Gasteiger partial charge in [-0.2, -0.15) is 5.10 Å². The molecule has 0 spiro atoms. The van der Waals surface area contributed by atoms with Crippen LogP contribution in [0, 0.1) is 10.1 Å². The number of nitrogens with one attached hydrogen (secondary N) is 1. The third-order valence-electron chi connectivity index (χ3n) is 3.35. The summed E-state index contributed by atoms with van der Waals surface area (Å²) in [6, 6.07) is 13.9. The van der Waals surface area contributed by atoms with Crippen molar-refractivity contribution in [3.8, 4) is 17.0 Å². The largest absolute Gasteiger partial charge is 0.497 e. The molecule has 7 nitrogen and oxygen atoms in total. The molecule has 1 heterocycles. The summed E-state index contributed by atoms with van der Waals surface area (Å²) in [6.07, 6.45) is 1.67. The first-order valence-corrected chi connectivity index (χ1v) is 8.17. The molecule has 3 rings (SSSR count). The van der Waals surface area contributed by atoms with Crippen LogP contribution in [0.3, 0.4) is 0 Å². The highest BCUT2D eigenvalue weighted by molar-refractivity contribution is 7.14. The maximum absolute atomic E-state index is 10.9. The van der Waals surface area contributed by atoms with Gasteiger partial charge in [-0.1, -0.05) is 12.1 Å². The minimum absolute atomic E-state index is 0.0394. The number of aromatic nitrogens is 1. The van der Waals surface area contributed by atoms with Gasteiger partial charge in [-0.25, -0.2) is 4.98 Å². The smallest absolute Gasteiger partial charge is 0.270 e. The lowest BCUT2D eigenvalue weighted by atomic mass is 10.1. The van der Waals surface area contributed by atoms with E-state index >= 15 is 0 Å². The van der Waals surface area contributed by atoms with Crippen molar-refractivity contribution in [1.82, 2.24) is 4.98 Å². The second-order valence-corrected chi connectivity index (χ2v) is 5.85. The Labute approximate surface area is 147 Å². The Morgan fingerprint density at radius 3 is 2.80 bits per heavy atom. The predicted octanol–water partition coefficient (Wildman–Crippen LogP) is 4.17. The molecule has 3 aromatic rings. The molecule has 0 bridgehead atoms. The Kier molecular flexibility index (Phi) is 5.00. The fourth-order valence-corrected chi connectivity index (χ4v) is 2.76. The van der Waals surface area contributed by atoms with Crippen molar-refractivity contribution in [3.05, 3.63) is 69.6 Å². The Balaban J connectivity index is 1.68. The van der Waals surface area contributed by atoms with Crippen LogP contribution in [-0.4, -0.2) is 23.2 Å². The van der Waals surface area contributed by atoms with E-state index < -0.39 is 4.92 Å². The fraction of sp³-hybridized carbons (Fsp3) is 0.0588. The number of benzene rings is 2. The van der Waals surface area contributed by atoms with E-state index in [0.717, 1.165) is 11.3 Å². The summed E-state index contributed by atoms with van der Waals surface area (Å²) in [7, 11) is 1.62. The molecule has 126 valence electrons. The third-order valence-corrected chi connectivity index (χ3v) is 4.09. The minimum atomic E-state index is -0.422. The van der Waals surface area contributed by atoms with Crippen LogP contribution in [0.5, 0.6) is 5.75 Å². The Hall–Kier alpha value is -3.26. The van der Waals surface area contributed by atoms with E-state index in [2.05, 4.69) is 15.5 Å². The van der Waals surface area contributed by atoms with Crippen molar-refractivity contribution >= 4 is 28.4 Å². The van der Waals surface area contributed by atoms with Crippen LogP contribution in [0.4, 0.5) is 10.8 Å². The number of ether oxygens (including phenoxy) is 1. The maximum Gasteiger partial charge on any atom is 0.270 e. The highest BCUT2D eigenvalue weighted by Crippen LogP contribution is 2.27. The first-order chi connectivity index (χ1) is 12.2. The summed E-state index contributed by atoms with van der Waals surface area (Å²) in [5.74, 6) is 0.784. The fourth-order valence-electron chi connectivity index (χ4n) is 2.09. The molecule has 8 heteroatoms. The molecule has 0 atom stereocenters. The number of methoxy groups -OCH3 is 1. The summed E-state index contributed by atoms with van der Waals surface area (Å²) in [6.45, 7) is 0. The molecule has 0 unspecified atom stereocenters. The standard InChI is InChI=1S/C17H14N4O3S/c1-24-15-7-5-12(6-8-15)10-18-20-17-19-16(11-25-17)13-3-2-4-14(9-13)21(22)23/h2-11H,1H3,(H,19,20)/b18-10+. The normalized spacial score (nSPS) is 10.8. The van der Waals surface area contributed by atoms with E-state index in [4.69, 9.17) is 4.74 Å². The van der Waals surface area contributed by atoms with Crippen LogP contribution < -0.4 is 10.2 Å². The number of hydrogen-bond acceptors (Lipinski definition) is 7. The molecule has 0 amide bonds. The number of nitro groups is 1. The molecule has 0 fully saturated rings. The van der Waals surface area contributed by atoms with Gasteiger partial charge < -0.3 is 4.74 Å². The van der Waals surface area contributed by atoms with E-state index in [1.807, 2.05) is 29.6 Å². The van der Waals surface area contributed by atoms with Crippen LogP contribution in [0.1, 0.15) is 5.56 Å². The van der Waals surface area contributed by atoms with Crippen LogP contribution in [0.2, 0.25) is 0 Å².